The topological polar surface area (TPSA) is 253 Å². The van der Waals surface area contributed by atoms with Crippen molar-refractivity contribution in [3.05, 3.63) is 0 Å². The molecular weight excluding hydrogens is 352 g/mol. The standard InChI is InChI=1S/C6H14N2O2.C5H9NO4.C3H7NO2/c7-4-2-1-3-5(8)6(9)10;6-3(5(9)10)1-2-4(7)8;1-2(4)3(5)6/h5H,1-4,7-8H2,(H,9,10);3H,1-2,6H2,(H,7,8)(H,9,10);2H,4H2,1H3,(H,5,6). The number of carbonyl (C=O) groups is 4. The fourth-order valence-corrected chi connectivity index (χ4v) is 1.03. The molecule has 0 aromatic heterocycles. The lowest BCUT2D eigenvalue weighted by molar-refractivity contribution is -0.140. The zero-order valence-corrected chi connectivity index (χ0v) is 14.7. The molecule has 0 aliphatic carbocycles. The van der Waals surface area contributed by atoms with Crippen LogP contribution in [0, 0.1) is 0 Å². The average Bonchev–Trinajstić information content (AvgIpc) is 2.53. The summed E-state index contributed by atoms with van der Waals surface area (Å²) < 4.78 is 0. The molecule has 0 spiro atoms. The molecule has 3 unspecified atom stereocenters. The summed E-state index contributed by atoms with van der Waals surface area (Å²) in [7, 11) is 0. The summed E-state index contributed by atoms with van der Waals surface area (Å²) in [4.78, 5) is 39.6. The summed E-state index contributed by atoms with van der Waals surface area (Å²) in [5.41, 5.74) is 20.3. The lowest BCUT2D eigenvalue weighted by Crippen LogP contribution is -2.30. The van der Waals surface area contributed by atoms with Crippen molar-refractivity contribution in [2.75, 3.05) is 6.54 Å². The Hall–Kier alpha value is -2.28. The number of hydrogen-bond donors (Lipinski definition) is 8. The van der Waals surface area contributed by atoms with Gasteiger partial charge in [0.15, 0.2) is 0 Å². The van der Waals surface area contributed by atoms with E-state index in [1.807, 2.05) is 0 Å². The minimum absolute atomic E-state index is 0.0231. The molecular formula is C14H30N4O8. The normalized spacial score (nSPS) is 13.0. The molecule has 12 nitrogen and oxygen atoms in total. The van der Waals surface area contributed by atoms with E-state index in [2.05, 4.69) is 0 Å². The van der Waals surface area contributed by atoms with Gasteiger partial charge in [0, 0.05) is 6.42 Å². The van der Waals surface area contributed by atoms with Gasteiger partial charge in [0.1, 0.15) is 18.1 Å². The Morgan fingerprint density at radius 3 is 1.42 bits per heavy atom. The second kappa shape index (κ2) is 17.5. The van der Waals surface area contributed by atoms with Crippen LogP contribution in [0.15, 0.2) is 0 Å². The average molecular weight is 382 g/mol. The molecule has 0 aliphatic rings. The summed E-state index contributed by atoms with van der Waals surface area (Å²) in [5.74, 6) is -4.09. The van der Waals surface area contributed by atoms with E-state index in [9.17, 15) is 19.2 Å². The summed E-state index contributed by atoms with van der Waals surface area (Å²) in [6, 6.07) is -2.51. The SMILES string of the molecule is CC(N)C(=O)O.NC(CCC(=O)O)C(=O)O.NCCCCC(N)C(=O)O. The van der Waals surface area contributed by atoms with E-state index in [1.165, 1.54) is 6.92 Å². The lowest BCUT2D eigenvalue weighted by Gasteiger charge is -2.03. The molecule has 0 saturated heterocycles. The molecule has 0 bridgehead atoms. The molecule has 154 valence electrons. The highest BCUT2D eigenvalue weighted by atomic mass is 16.4. The van der Waals surface area contributed by atoms with Gasteiger partial charge in [-0.15, -0.1) is 0 Å². The van der Waals surface area contributed by atoms with Crippen molar-refractivity contribution in [1.82, 2.24) is 0 Å². The van der Waals surface area contributed by atoms with E-state index >= 15 is 0 Å². The van der Waals surface area contributed by atoms with Gasteiger partial charge in [-0.05, 0) is 32.7 Å². The first kappa shape index (κ1) is 28.5. The Bertz CT molecular complexity index is 431. The van der Waals surface area contributed by atoms with Crippen LogP contribution >= 0.6 is 0 Å². The maximum absolute atomic E-state index is 10.1. The maximum Gasteiger partial charge on any atom is 0.320 e. The Morgan fingerprint density at radius 2 is 1.15 bits per heavy atom. The molecule has 0 heterocycles. The zero-order chi connectivity index (χ0) is 21.3. The van der Waals surface area contributed by atoms with Gasteiger partial charge >= 0.3 is 23.9 Å². The molecule has 0 saturated carbocycles. The fraction of sp³-hybridized carbons (Fsp3) is 0.714. The number of carboxylic acid groups (broad SMARTS) is 4. The highest BCUT2D eigenvalue weighted by Gasteiger charge is 2.12. The largest absolute Gasteiger partial charge is 0.481 e. The monoisotopic (exact) mass is 382 g/mol. The van der Waals surface area contributed by atoms with Gasteiger partial charge in [0.2, 0.25) is 0 Å². The first-order valence-electron chi connectivity index (χ1n) is 7.73. The second-order valence-electron chi connectivity index (χ2n) is 5.23. The molecule has 12 N–H and O–H groups in total. The Morgan fingerprint density at radius 1 is 0.769 bits per heavy atom. The van der Waals surface area contributed by atoms with Crippen LogP contribution in [-0.4, -0.2) is 69.0 Å². The Kier molecular flexibility index (Phi) is 19.2. The third-order valence-corrected chi connectivity index (χ3v) is 2.66. The van der Waals surface area contributed by atoms with Crippen LogP contribution in [0.5, 0.6) is 0 Å². The van der Waals surface area contributed by atoms with Gasteiger partial charge in [-0.25, -0.2) is 0 Å². The Labute approximate surface area is 151 Å². The number of unbranched alkanes of at least 4 members (excludes halogenated alkanes) is 1. The zero-order valence-electron chi connectivity index (χ0n) is 14.7. The summed E-state index contributed by atoms with van der Waals surface area (Å²) in [5, 5.41) is 32.5. The molecule has 0 aliphatic heterocycles. The van der Waals surface area contributed by atoms with E-state index < -0.39 is 42.0 Å². The first-order valence-corrected chi connectivity index (χ1v) is 7.73. The molecule has 26 heavy (non-hydrogen) atoms. The van der Waals surface area contributed by atoms with Crippen molar-refractivity contribution < 1.29 is 39.6 Å². The second-order valence-corrected chi connectivity index (χ2v) is 5.23. The number of nitrogens with two attached hydrogens (primary N) is 4. The number of aliphatic carboxylic acids is 4. The van der Waals surface area contributed by atoms with Crippen LogP contribution in [0.2, 0.25) is 0 Å². The third-order valence-electron chi connectivity index (χ3n) is 2.66. The minimum Gasteiger partial charge on any atom is -0.481 e. The Balaban J connectivity index is -0.000000316. The van der Waals surface area contributed by atoms with Crippen molar-refractivity contribution in [3.8, 4) is 0 Å². The third kappa shape index (κ3) is 24.0. The van der Waals surface area contributed by atoms with Gasteiger partial charge in [0.25, 0.3) is 0 Å². The van der Waals surface area contributed by atoms with Crippen LogP contribution in [0.25, 0.3) is 0 Å². The van der Waals surface area contributed by atoms with Gasteiger partial charge in [-0.1, -0.05) is 6.42 Å². The van der Waals surface area contributed by atoms with E-state index in [-0.39, 0.29) is 12.8 Å². The summed E-state index contributed by atoms with van der Waals surface area (Å²) in [6.07, 6.45) is 1.94. The number of rotatable bonds is 10. The van der Waals surface area contributed by atoms with Crippen molar-refractivity contribution in [2.45, 2.75) is 57.2 Å². The van der Waals surface area contributed by atoms with Crippen LogP contribution in [0.4, 0.5) is 0 Å². The molecule has 0 aromatic carbocycles. The number of hydrogen-bond acceptors (Lipinski definition) is 8. The van der Waals surface area contributed by atoms with Crippen LogP contribution in [-0.2, 0) is 19.2 Å². The van der Waals surface area contributed by atoms with Gasteiger partial charge in [-0.3, -0.25) is 19.2 Å². The molecule has 0 radical (unpaired) electrons. The van der Waals surface area contributed by atoms with Gasteiger partial charge in [0.05, 0.1) is 0 Å². The first-order chi connectivity index (χ1) is 11.9. The molecule has 0 amide bonds. The molecule has 3 atom stereocenters. The van der Waals surface area contributed by atoms with Crippen LogP contribution in [0.3, 0.4) is 0 Å². The fourth-order valence-electron chi connectivity index (χ4n) is 1.03. The van der Waals surface area contributed by atoms with Crippen molar-refractivity contribution in [2.24, 2.45) is 22.9 Å². The smallest absolute Gasteiger partial charge is 0.320 e. The van der Waals surface area contributed by atoms with Gasteiger partial charge in [-0.2, -0.15) is 0 Å². The van der Waals surface area contributed by atoms with E-state index in [1.54, 1.807) is 0 Å². The van der Waals surface area contributed by atoms with Crippen LogP contribution < -0.4 is 22.9 Å². The highest BCUT2D eigenvalue weighted by molar-refractivity contribution is 5.74. The lowest BCUT2D eigenvalue weighted by atomic mass is 10.1. The number of carboxylic acids is 4. The molecule has 0 fully saturated rings. The predicted octanol–water partition coefficient (Wildman–Crippen LogP) is -1.79. The molecule has 0 rings (SSSR count). The van der Waals surface area contributed by atoms with Crippen LogP contribution in [0.1, 0.15) is 39.0 Å². The summed E-state index contributed by atoms with van der Waals surface area (Å²) >= 11 is 0. The van der Waals surface area contributed by atoms with Crippen molar-refractivity contribution in [3.63, 3.8) is 0 Å². The quantitative estimate of drug-likeness (QED) is 0.195. The van der Waals surface area contributed by atoms with E-state index in [0.29, 0.717) is 13.0 Å². The summed E-state index contributed by atoms with van der Waals surface area (Å²) in [6.45, 7) is 2.02. The molecule has 12 heteroatoms. The maximum atomic E-state index is 10.1. The highest BCUT2D eigenvalue weighted by Crippen LogP contribution is 1.97. The van der Waals surface area contributed by atoms with E-state index in [0.717, 1.165) is 12.8 Å². The predicted molar refractivity (Wildman–Crippen MR) is 92.3 cm³/mol. The van der Waals surface area contributed by atoms with Gasteiger partial charge < -0.3 is 43.4 Å². The van der Waals surface area contributed by atoms with Crippen molar-refractivity contribution >= 4 is 23.9 Å². The van der Waals surface area contributed by atoms with E-state index in [4.69, 9.17) is 43.4 Å². The minimum atomic E-state index is -1.17. The van der Waals surface area contributed by atoms with Crippen molar-refractivity contribution in [1.29, 1.82) is 0 Å². The molecule has 0 aromatic rings.